The van der Waals surface area contributed by atoms with Crippen molar-refractivity contribution in [3.05, 3.63) is 53.7 Å². The van der Waals surface area contributed by atoms with Crippen molar-refractivity contribution in [2.75, 3.05) is 18.5 Å². The van der Waals surface area contributed by atoms with Crippen LogP contribution in [0, 0.1) is 0 Å². The molecule has 120 valence electrons. The van der Waals surface area contributed by atoms with Crippen LogP contribution in [0.5, 0.6) is 5.88 Å². The monoisotopic (exact) mass is 313 g/mol. The van der Waals surface area contributed by atoms with E-state index in [9.17, 15) is 9.59 Å². The zero-order chi connectivity index (χ0) is 16.7. The summed E-state index contributed by atoms with van der Waals surface area (Å²) < 4.78 is 5.23. The van der Waals surface area contributed by atoms with E-state index < -0.39 is 0 Å². The van der Waals surface area contributed by atoms with Crippen molar-refractivity contribution in [2.45, 2.75) is 13.8 Å². The summed E-state index contributed by atoms with van der Waals surface area (Å²) >= 11 is 0. The third-order valence-corrected chi connectivity index (χ3v) is 3.03. The standard InChI is InChI=1S/C17H19N3O3/c1-3-18-16(21)12-5-8-14(9-6-12)20-17(22)13-7-10-15(19-11-13)23-4-2/h5-11H,3-4H2,1-2H3,(H,18,21)(H,20,22). The van der Waals surface area contributed by atoms with Crippen LogP contribution in [0.1, 0.15) is 34.6 Å². The molecule has 2 rings (SSSR count). The molecule has 0 aliphatic heterocycles. The Bertz CT molecular complexity index is 666. The van der Waals surface area contributed by atoms with Crippen LogP contribution in [0.4, 0.5) is 5.69 Å². The fourth-order valence-electron chi connectivity index (χ4n) is 1.92. The summed E-state index contributed by atoms with van der Waals surface area (Å²) in [5, 5.41) is 5.47. The third-order valence-electron chi connectivity index (χ3n) is 3.03. The lowest BCUT2D eigenvalue weighted by Gasteiger charge is -2.07. The Hall–Kier alpha value is -2.89. The van der Waals surface area contributed by atoms with Gasteiger partial charge in [0.25, 0.3) is 11.8 Å². The largest absolute Gasteiger partial charge is 0.478 e. The summed E-state index contributed by atoms with van der Waals surface area (Å²) in [7, 11) is 0. The zero-order valence-corrected chi connectivity index (χ0v) is 13.1. The molecule has 0 aliphatic carbocycles. The van der Waals surface area contributed by atoms with Gasteiger partial charge < -0.3 is 15.4 Å². The minimum atomic E-state index is -0.272. The normalized spacial score (nSPS) is 10.0. The second-order valence-corrected chi connectivity index (χ2v) is 4.71. The first-order valence-corrected chi connectivity index (χ1v) is 7.42. The van der Waals surface area contributed by atoms with Crippen LogP contribution in [0.25, 0.3) is 0 Å². The van der Waals surface area contributed by atoms with Gasteiger partial charge in [-0.05, 0) is 44.2 Å². The maximum Gasteiger partial charge on any atom is 0.257 e. The van der Waals surface area contributed by atoms with Crippen molar-refractivity contribution < 1.29 is 14.3 Å². The second-order valence-electron chi connectivity index (χ2n) is 4.71. The number of ether oxygens (including phenoxy) is 1. The van der Waals surface area contributed by atoms with E-state index in [0.717, 1.165) is 0 Å². The number of hydrogen-bond acceptors (Lipinski definition) is 4. The average Bonchev–Trinajstić information content (AvgIpc) is 2.56. The second kappa shape index (κ2) is 7.93. The molecule has 1 heterocycles. The average molecular weight is 313 g/mol. The number of carbonyl (C=O) groups excluding carboxylic acids is 2. The highest BCUT2D eigenvalue weighted by Crippen LogP contribution is 2.13. The number of nitrogens with one attached hydrogen (secondary N) is 2. The molecule has 0 fully saturated rings. The van der Waals surface area contributed by atoms with Gasteiger partial charge in [0.1, 0.15) is 0 Å². The first-order valence-electron chi connectivity index (χ1n) is 7.42. The number of carbonyl (C=O) groups is 2. The van der Waals surface area contributed by atoms with Crippen LogP contribution in [0.15, 0.2) is 42.6 Å². The molecule has 0 saturated carbocycles. The smallest absolute Gasteiger partial charge is 0.257 e. The Morgan fingerprint density at radius 2 is 1.70 bits per heavy atom. The van der Waals surface area contributed by atoms with E-state index >= 15 is 0 Å². The Labute approximate surface area is 134 Å². The van der Waals surface area contributed by atoms with Gasteiger partial charge >= 0.3 is 0 Å². The van der Waals surface area contributed by atoms with Gasteiger partial charge in [0.15, 0.2) is 0 Å². The maximum atomic E-state index is 12.1. The van der Waals surface area contributed by atoms with Crippen LogP contribution in [0.3, 0.4) is 0 Å². The molecule has 0 saturated heterocycles. The molecule has 2 amide bonds. The first-order chi connectivity index (χ1) is 11.1. The van der Waals surface area contributed by atoms with Gasteiger partial charge in [0.05, 0.1) is 12.2 Å². The number of aromatic nitrogens is 1. The summed E-state index contributed by atoms with van der Waals surface area (Å²) in [6.45, 7) is 4.82. The summed E-state index contributed by atoms with van der Waals surface area (Å²) in [6.07, 6.45) is 1.46. The Morgan fingerprint density at radius 3 is 2.26 bits per heavy atom. The minimum absolute atomic E-state index is 0.138. The molecule has 1 aromatic heterocycles. The lowest BCUT2D eigenvalue weighted by atomic mass is 10.2. The van der Waals surface area contributed by atoms with Gasteiger partial charge in [-0.2, -0.15) is 0 Å². The van der Waals surface area contributed by atoms with Gasteiger partial charge in [0.2, 0.25) is 5.88 Å². The molecule has 23 heavy (non-hydrogen) atoms. The molecular weight excluding hydrogens is 294 g/mol. The Balaban J connectivity index is 2.00. The van der Waals surface area contributed by atoms with Crippen LogP contribution < -0.4 is 15.4 Å². The molecule has 6 heteroatoms. The van der Waals surface area contributed by atoms with Gasteiger partial charge in [0, 0.05) is 30.1 Å². The minimum Gasteiger partial charge on any atom is -0.478 e. The highest BCUT2D eigenvalue weighted by Gasteiger charge is 2.08. The molecule has 1 aromatic carbocycles. The molecule has 6 nitrogen and oxygen atoms in total. The van der Waals surface area contributed by atoms with Crippen LogP contribution in [0.2, 0.25) is 0 Å². The fraction of sp³-hybridized carbons (Fsp3) is 0.235. The van der Waals surface area contributed by atoms with Gasteiger partial charge in [-0.1, -0.05) is 0 Å². The van der Waals surface area contributed by atoms with E-state index in [0.29, 0.717) is 35.8 Å². The SMILES string of the molecule is CCNC(=O)c1ccc(NC(=O)c2ccc(OCC)nc2)cc1. The third kappa shape index (κ3) is 4.54. The van der Waals surface area contributed by atoms with Crippen LogP contribution in [-0.4, -0.2) is 29.9 Å². The molecule has 0 radical (unpaired) electrons. The predicted octanol–water partition coefficient (Wildman–Crippen LogP) is 2.48. The van der Waals surface area contributed by atoms with E-state index in [1.807, 2.05) is 13.8 Å². The zero-order valence-electron chi connectivity index (χ0n) is 13.1. The molecular formula is C17H19N3O3. The molecule has 0 spiro atoms. The number of benzene rings is 1. The van der Waals surface area contributed by atoms with E-state index in [4.69, 9.17) is 4.74 Å². The van der Waals surface area contributed by atoms with Crippen LogP contribution >= 0.6 is 0 Å². The highest BCUT2D eigenvalue weighted by molar-refractivity contribution is 6.04. The van der Waals surface area contributed by atoms with Crippen molar-refractivity contribution >= 4 is 17.5 Å². The quantitative estimate of drug-likeness (QED) is 0.858. The highest BCUT2D eigenvalue weighted by atomic mass is 16.5. The van der Waals surface area contributed by atoms with Crippen molar-refractivity contribution in [3.63, 3.8) is 0 Å². The first kappa shape index (κ1) is 16.5. The van der Waals surface area contributed by atoms with E-state index in [1.165, 1.54) is 6.20 Å². The summed E-state index contributed by atoms with van der Waals surface area (Å²) in [6, 6.07) is 10.00. The van der Waals surface area contributed by atoms with E-state index in [1.54, 1.807) is 36.4 Å². The number of anilines is 1. The molecule has 0 unspecified atom stereocenters. The molecule has 2 aromatic rings. The summed E-state index contributed by atoms with van der Waals surface area (Å²) in [4.78, 5) is 27.9. The summed E-state index contributed by atoms with van der Waals surface area (Å²) in [5.74, 6) is 0.0720. The Kier molecular flexibility index (Phi) is 5.68. The molecule has 0 bridgehead atoms. The predicted molar refractivity (Wildman–Crippen MR) is 87.8 cm³/mol. The van der Waals surface area contributed by atoms with Crippen molar-refractivity contribution in [1.82, 2.24) is 10.3 Å². The van der Waals surface area contributed by atoms with E-state index in [-0.39, 0.29) is 11.8 Å². The number of hydrogen-bond donors (Lipinski definition) is 2. The number of pyridine rings is 1. The van der Waals surface area contributed by atoms with Gasteiger partial charge in [-0.15, -0.1) is 0 Å². The van der Waals surface area contributed by atoms with E-state index in [2.05, 4.69) is 15.6 Å². The molecule has 0 atom stereocenters. The molecule has 0 aliphatic rings. The van der Waals surface area contributed by atoms with Crippen molar-refractivity contribution in [3.8, 4) is 5.88 Å². The number of rotatable bonds is 6. The van der Waals surface area contributed by atoms with Crippen LogP contribution in [-0.2, 0) is 0 Å². The van der Waals surface area contributed by atoms with Crippen molar-refractivity contribution in [1.29, 1.82) is 0 Å². The summed E-state index contributed by atoms with van der Waals surface area (Å²) in [5.41, 5.74) is 1.59. The topological polar surface area (TPSA) is 80.3 Å². The molecule has 2 N–H and O–H groups in total. The lowest BCUT2D eigenvalue weighted by molar-refractivity contribution is 0.0955. The Morgan fingerprint density at radius 1 is 1.00 bits per heavy atom. The number of amides is 2. The van der Waals surface area contributed by atoms with Gasteiger partial charge in [-0.25, -0.2) is 4.98 Å². The number of nitrogens with zero attached hydrogens (tertiary/aromatic N) is 1. The fourth-order valence-corrected chi connectivity index (χ4v) is 1.92. The maximum absolute atomic E-state index is 12.1. The van der Waals surface area contributed by atoms with Crippen molar-refractivity contribution in [2.24, 2.45) is 0 Å². The lowest BCUT2D eigenvalue weighted by Crippen LogP contribution is -2.22. The van der Waals surface area contributed by atoms with Gasteiger partial charge in [-0.3, -0.25) is 9.59 Å².